The van der Waals surface area contributed by atoms with Crippen molar-refractivity contribution in [1.29, 1.82) is 0 Å². The van der Waals surface area contributed by atoms with Crippen LogP contribution in [0.3, 0.4) is 0 Å². The van der Waals surface area contributed by atoms with Crippen LogP contribution < -0.4 is 10.6 Å². The van der Waals surface area contributed by atoms with E-state index in [4.69, 9.17) is 0 Å². The molecule has 12 heteroatoms. The van der Waals surface area contributed by atoms with E-state index >= 15 is 0 Å². The molecule has 0 bridgehead atoms. The predicted molar refractivity (Wildman–Crippen MR) is 141 cm³/mol. The lowest BCUT2D eigenvalue weighted by atomic mass is 10.0. The van der Waals surface area contributed by atoms with E-state index < -0.39 is 33.2 Å². The van der Waals surface area contributed by atoms with Gasteiger partial charge in [0.1, 0.15) is 5.69 Å². The molecular formula is C25H36N4O7S. The highest BCUT2D eigenvalue weighted by Crippen LogP contribution is 2.29. The van der Waals surface area contributed by atoms with E-state index in [-0.39, 0.29) is 47.6 Å². The number of anilines is 1. The second kappa shape index (κ2) is 13.4. The summed E-state index contributed by atoms with van der Waals surface area (Å²) in [5.74, 6) is 0.0503. The van der Waals surface area contributed by atoms with Crippen LogP contribution in [-0.2, 0) is 16.4 Å². The number of hydrogen-bond donors (Lipinski definition) is 4. The fourth-order valence-corrected chi connectivity index (χ4v) is 5.41. The molecular weight excluding hydrogens is 500 g/mol. The first-order chi connectivity index (χ1) is 17.3. The zero-order chi connectivity index (χ0) is 27.8. The van der Waals surface area contributed by atoms with E-state index in [9.17, 15) is 33.5 Å². The van der Waals surface area contributed by atoms with E-state index in [0.717, 1.165) is 15.9 Å². The van der Waals surface area contributed by atoms with E-state index in [1.54, 1.807) is 24.3 Å². The van der Waals surface area contributed by atoms with Gasteiger partial charge in [-0.1, -0.05) is 58.0 Å². The number of nitrogens with one attached hydrogen (secondary N) is 2. The summed E-state index contributed by atoms with van der Waals surface area (Å²) in [6, 6.07) is 11.5. The van der Waals surface area contributed by atoms with Gasteiger partial charge in [-0.15, -0.1) is 0 Å². The van der Waals surface area contributed by atoms with Crippen LogP contribution in [0.2, 0.25) is 0 Å². The number of benzene rings is 2. The summed E-state index contributed by atoms with van der Waals surface area (Å²) in [6.07, 6.45) is -2.54. The summed E-state index contributed by atoms with van der Waals surface area (Å²) in [7, 11) is -4.19. The van der Waals surface area contributed by atoms with Crippen molar-refractivity contribution in [1.82, 2.24) is 9.62 Å². The molecule has 4 N–H and O–H groups in total. The number of carboxylic acid groups (broad SMARTS) is 1. The van der Waals surface area contributed by atoms with Crippen LogP contribution in [0.25, 0.3) is 0 Å². The molecule has 0 fully saturated rings. The highest BCUT2D eigenvalue weighted by molar-refractivity contribution is 7.89. The first-order valence-corrected chi connectivity index (χ1v) is 13.5. The topological polar surface area (TPSA) is 162 Å². The average molecular weight is 537 g/mol. The van der Waals surface area contributed by atoms with Crippen LogP contribution in [-0.4, -0.2) is 65.7 Å². The Labute approximate surface area is 217 Å². The number of hydrogen-bond acceptors (Lipinski definition) is 7. The Morgan fingerprint density at radius 2 is 1.70 bits per heavy atom. The Balaban J connectivity index is 2.40. The third-order valence-corrected chi connectivity index (χ3v) is 7.36. The predicted octanol–water partition coefficient (Wildman–Crippen LogP) is 3.55. The lowest BCUT2D eigenvalue weighted by molar-refractivity contribution is -0.384. The van der Waals surface area contributed by atoms with Crippen LogP contribution in [0.1, 0.15) is 33.3 Å². The maximum Gasteiger partial charge on any atom is 0.404 e. The molecule has 204 valence electrons. The van der Waals surface area contributed by atoms with Gasteiger partial charge in [0, 0.05) is 25.7 Å². The second-order valence-electron chi connectivity index (χ2n) is 9.74. The van der Waals surface area contributed by atoms with Crippen molar-refractivity contribution in [2.75, 3.05) is 25.0 Å². The lowest BCUT2D eigenvalue weighted by Gasteiger charge is -2.30. The fourth-order valence-electron chi connectivity index (χ4n) is 3.76. The maximum atomic E-state index is 13.7. The van der Waals surface area contributed by atoms with E-state index in [1.807, 2.05) is 33.8 Å². The van der Waals surface area contributed by atoms with Crippen molar-refractivity contribution in [2.45, 2.75) is 51.2 Å². The smallest absolute Gasteiger partial charge is 0.404 e. The number of carbonyl (C=O) groups is 1. The summed E-state index contributed by atoms with van der Waals surface area (Å²) >= 11 is 0. The van der Waals surface area contributed by atoms with Gasteiger partial charge in [0.05, 0.1) is 22.0 Å². The van der Waals surface area contributed by atoms with Crippen molar-refractivity contribution in [3.8, 4) is 0 Å². The van der Waals surface area contributed by atoms with Crippen molar-refractivity contribution in [2.24, 2.45) is 11.8 Å². The first kappa shape index (κ1) is 30.0. The molecule has 2 aromatic carbocycles. The van der Waals surface area contributed by atoms with Crippen molar-refractivity contribution in [3.05, 3.63) is 64.2 Å². The first-order valence-electron chi connectivity index (χ1n) is 12.0. The van der Waals surface area contributed by atoms with Crippen molar-refractivity contribution >= 4 is 27.5 Å². The molecule has 2 atom stereocenters. The largest absolute Gasteiger partial charge is 0.465 e. The molecule has 2 aromatic rings. The summed E-state index contributed by atoms with van der Waals surface area (Å²) in [4.78, 5) is 22.1. The third-order valence-electron chi connectivity index (χ3n) is 5.53. The molecule has 0 aliphatic heterocycles. The van der Waals surface area contributed by atoms with Gasteiger partial charge in [-0.25, -0.2) is 13.2 Å². The molecule has 0 unspecified atom stereocenters. The van der Waals surface area contributed by atoms with Crippen LogP contribution in [0.15, 0.2) is 53.4 Å². The molecule has 11 nitrogen and oxygen atoms in total. The van der Waals surface area contributed by atoms with Gasteiger partial charge in [0.2, 0.25) is 10.0 Å². The van der Waals surface area contributed by atoms with Gasteiger partial charge >= 0.3 is 6.09 Å². The number of nitro benzene ring substituents is 1. The Morgan fingerprint density at radius 1 is 1.05 bits per heavy atom. The van der Waals surface area contributed by atoms with E-state index in [0.29, 0.717) is 6.54 Å². The Morgan fingerprint density at radius 3 is 2.24 bits per heavy atom. The third kappa shape index (κ3) is 8.99. The van der Waals surface area contributed by atoms with Gasteiger partial charge in [0.25, 0.3) is 5.69 Å². The number of aliphatic hydroxyl groups is 1. The number of aliphatic hydroxyl groups excluding tert-OH is 1. The minimum atomic E-state index is -4.19. The average Bonchev–Trinajstić information content (AvgIpc) is 2.81. The molecule has 0 heterocycles. The highest BCUT2D eigenvalue weighted by atomic mass is 32.2. The lowest BCUT2D eigenvalue weighted by Crippen LogP contribution is -2.50. The van der Waals surface area contributed by atoms with Crippen molar-refractivity contribution in [3.63, 3.8) is 0 Å². The molecule has 0 aliphatic carbocycles. The number of nitrogens with zero attached hydrogens (tertiary/aromatic N) is 2. The number of sulfonamides is 1. The SMILES string of the molecule is CC(C)CNc1cc(S(=O)(=O)N(CC(C)C)C[C@@H](O)[C@H](Cc2ccccc2)NC(=O)O)ccc1[N+](=O)[O-]. The van der Waals surface area contributed by atoms with Crippen LogP contribution in [0.4, 0.5) is 16.2 Å². The second-order valence-corrected chi connectivity index (χ2v) is 11.7. The summed E-state index contributed by atoms with van der Waals surface area (Å²) in [6.45, 7) is 7.56. The van der Waals surface area contributed by atoms with Gasteiger partial charge in [-0.05, 0) is 36.0 Å². The summed E-state index contributed by atoms with van der Waals surface area (Å²) in [5.41, 5.74) is 0.609. The molecule has 2 rings (SSSR count). The number of amides is 1. The maximum absolute atomic E-state index is 13.7. The number of nitro groups is 1. The molecule has 0 saturated carbocycles. The fraction of sp³-hybridized carbons (Fsp3) is 0.480. The van der Waals surface area contributed by atoms with Gasteiger partial charge in [-0.3, -0.25) is 10.1 Å². The Hall–Kier alpha value is -3.22. The van der Waals surface area contributed by atoms with E-state index in [1.165, 1.54) is 12.1 Å². The number of rotatable bonds is 14. The van der Waals surface area contributed by atoms with E-state index in [2.05, 4.69) is 10.6 Å². The van der Waals surface area contributed by atoms with Gasteiger partial charge < -0.3 is 20.8 Å². The molecule has 37 heavy (non-hydrogen) atoms. The molecule has 0 spiro atoms. The molecule has 1 amide bonds. The zero-order valence-corrected chi connectivity index (χ0v) is 22.3. The molecule has 0 saturated heterocycles. The molecule has 0 radical (unpaired) electrons. The van der Waals surface area contributed by atoms with Crippen LogP contribution in [0.5, 0.6) is 0 Å². The van der Waals surface area contributed by atoms with Crippen LogP contribution in [0, 0.1) is 22.0 Å². The van der Waals surface area contributed by atoms with Crippen LogP contribution >= 0.6 is 0 Å². The normalized spacial score (nSPS) is 13.5. The quantitative estimate of drug-likeness (QED) is 0.210. The van der Waals surface area contributed by atoms with Crippen molar-refractivity contribution < 1.29 is 28.3 Å². The molecule has 0 aliphatic rings. The highest BCUT2D eigenvalue weighted by Gasteiger charge is 2.32. The minimum Gasteiger partial charge on any atom is -0.465 e. The Kier molecular flexibility index (Phi) is 10.8. The summed E-state index contributed by atoms with van der Waals surface area (Å²) in [5, 5.41) is 37.0. The summed E-state index contributed by atoms with van der Waals surface area (Å²) < 4.78 is 28.4. The zero-order valence-electron chi connectivity index (χ0n) is 21.5. The monoisotopic (exact) mass is 536 g/mol. The van der Waals surface area contributed by atoms with Gasteiger partial charge in [-0.2, -0.15) is 4.31 Å². The Bertz CT molecular complexity index is 1160. The minimum absolute atomic E-state index is 0.0519. The van der Waals surface area contributed by atoms with Gasteiger partial charge in [0.15, 0.2) is 0 Å². The molecule has 0 aromatic heterocycles. The standard InChI is InChI=1S/C25H36N4O7S/c1-17(2)14-26-21-13-20(10-11-23(21)29(33)34)37(35,36)28(15-18(3)4)16-24(30)22(27-25(31)32)12-19-8-6-5-7-9-19/h5-11,13,17-18,22,24,26-27,30H,12,14-16H2,1-4H3,(H,31,32)/t22-,24+/m0/s1.